The molecule has 0 amide bonds. The fraction of sp³-hybridized carbons (Fsp3) is 0.400. The number of rotatable bonds is 3. The molecular weight excluding hydrogens is 284 g/mol. The van der Waals surface area contributed by atoms with Crippen LogP contribution in [0.2, 0.25) is 0 Å². The molecule has 0 aliphatic rings. The van der Waals surface area contributed by atoms with Gasteiger partial charge in [0.2, 0.25) is 0 Å². The van der Waals surface area contributed by atoms with E-state index in [1.54, 1.807) is 10.9 Å². The molecule has 110 valence electrons. The molecule has 0 spiro atoms. The smallest absolute Gasteiger partial charge is 0.271 e. The summed E-state index contributed by atoms with van der Waals surface area (Å²) in [5.74, 6) is 0. The van der Waals surface area contributed by atoms with Crippen LogP contribution < -0.4 is 5.56 Å². The number of hydrogen-bond acceptors (Lipinski definition) is 5. The maximum atomic E-state index is 12.7. The van der Waals surface area contributed by atoms with Gasteiger partial charge in [0.05, 0.1) is 11.8 Å². The number of aryl methyl sites for hydroxylation is 1. The van der Waals surface area contributed by atoms with Crippen molar-refractivity contribution in [3.05, 3.63) is 34.5 Å². The van der Waals surface area contributed by atoms with Gasteiger partial charge in [0.15, 0.2) is 0 Å². The quantitative estimate of drug-likeness (QED) is 0.745. The van der Waals surface area contributed by atoms with Gasteiger partial charge >= 0.3 is 0 Å². The van der Waals surface area contributed by atoms with Crippen LogP contribution in [-0.2, 0) is 0 Å². The molecule has 0 fully saturated rings. The molecule has 1 unspecified atom stereocenters. The van der Waals surface area contributed by atoms with Crippen molar-refractivity contribution < 1.29 is 0 Å². The molecule has 0 aliphatic carbocycles. The fourth-order valence-electron chi connectivity index (χ4n) is 2.55. The van der Waals surface area contributed by atoms with Crippen molar-refractivity contribution >= 4 is 31.8 Å². The lowest BCUT2D eigenvalue weighted by Crippen LogP contribution is -2.30. The van der Waals surface area contributed by atoms with E-state index in [9.17, 15) is 4.79 Å². The lowest BCUT2D eigenvalue weighted by Gasteiger charge is -2.18. The van der Waals surface area contributed by atoms with Gasteiger partial charge in [0.25, 0.3) is 5.56 Å². The largest absolute Gasteiger partial charge is 0.307 e. The minimum absolute atomic E-state index is 0.0232. The zero-order valence-corrected chi connectivity index (χ0v) is 13.4. The van der Waals surface area contributed by atoms with Crippen LogP contribution in [0.25, 0.3) is 20.4 Å². The second-order valence-electron chi connectivity index (χ2n) is 5.65. The molecule has 1 atom stereocenters. The second kappa shape index (κ2) is 5.20. The summed E-state index contributed by atoms with van der Waals surface area (Å²) < 4.78 is 2.40. The monoisotopic (exact) mass is 302 g/mol. The summed E-state index contributed by atoms with van der Waals surface area (Å²) in [6.07, 6.45) is 1.66. The van der Waals surface area contributed by atoms with Crippen molar-refractivity contribution in [3.63, 3.8) is 0 Å². The summed E-state index contributed by atoms with van der Waals surface area (Å²) in [4.78, 5) is 24.6. The van der Waals surface area contributed by atoms with Crippen molar-refractivity contribution in [1.82, 2.24) is 19.4 Å². The van der Waals surface area contributed by atoms with E-state index >= 15 is 0 Å². The molecule has 0 bridgehead atoms. The number of thiophene rings is 1. The molecule has 0 aromatic carbocycles. The van der Waals surface area contributed by atoms with E-state index in [1.165, 1.54) is 11.3 Å². The number of hydrogen-bond donors (Lipinski definition) is 0. The number of aromatic nitrogens is 3. The van der Waals surface area contributed by atoms with Gasteiger partial charge in [-0.15, -0.1) is 11.3 Å². The molecule has 0 radical (unpaired) electrons. The van der Waals surface area contributed by atoms with Gasteiger partial charge < -0.3 is 4.90 Å². The molecule has 5 nitrogen and oxygen atoms in total. The molecule has 0 saturated carbocycles. The van der Waals surface area contributed by atoms with Gasteiger partial charge in [-0.05, 0) is 40.1 Å². The van der Waals surface area contributed by atoms with Crippen LogP contribution in [-0.4, -0.2) is 40.1 Å². The third kappa shape index (κ3) is 2.45. The maximum absolute atomic E-state index is 12.7. The van der Waals surface area contributed by atoms with Crippen molar-refractivity contribution in [1.29, 1.82) is 0 Å². The molecule has 0 aliphatic heterocycles. The Bertz CT molecular complexity index is 865. The van der Waals surface area contributed by atoms with E-state index in [2.05, 4.69) is 14.9 Å². The number of fused-ring (bicyclic) bond motifs is 3. The van der Waals surface area contributed by atoms with Crippen LogP contribution in [0, 0.1) is 6.92 Å². The average Bonchev–Trinajstić information content (AvgIpc) is 2.76. The standard InChI is InChI=1S/C15H18N4OS/c1-9-5-6-11-12-13(21-14(11)17-9)15(20)19(8-16-12)10(2)7-18(3)4/h5-6,8,10H,7H2,1-4H3. The van der Waals surface area contributed by atoms with Gasteiger partial charge in [0, 0.05) is 23.7 Å². The van der Waals surface area contributed by atoms with Crippen LogP contribution in [0.15, 0.2) is 23.3 Å². The molecular formula is C15H18N4OS. The normalized spacial score (nSPS) is 13.4. The summed E-state index contributed by atoms with van der Waals surface area (Å²) in [7, 11) is 4.00. The van der Waals surface area contributed by atoms with Gasteiger partial charge in [-0.2, -0.15) is 0 Å². The van der Waals surface area contributed by atoms with Gasteiger partial charge in [0.1, 0.15) is 9.53 Å². The predicted molar refractivity (Wildman–Crippen MR) is 87.2 cm³/mol. The van der Waals surface area contributed by atoms with Crippen molar-refractivity contribution in [2.45, 2.75) is 19.9 Å². The first-order valence-corrected chi connectivity index (χ1v) is 7.70. The van der Waals surface area contributed by atoms with Crippen LogP contribution in [0.3, 0.4) is 0 Å². The van der Waals surface area contributed by atoms with E-state index < -0.39 is 0 Å². The zero-order valence-electron chi connectivity index (χ0n) is 12.6. The zero-order chi connectivity index (χ0) is 15.1. The summed E-state index contributed by atoms with van der Waals surface area (Å²) in [6.45, 7) is 4.79. The predicted octanol–water partition coefficient (Wildman–Crippen LogP) is 2.44. The second-order valence-corrected chi connectivity index (χ2v) is 6.65. The summed E-state index contributed by atoms with van der Waals surface area (Å²) in [5.41, 5.74) is 1.74. The lowest BCUT2D eigenvalue weighted by molar-refractivity contribution is 0.332. The lowest BCUT2D eigenvalue weighted by atomic mass is 10.2. The topological polar surface area (TPSA) is 51.0 Å². The van der Waals surface area contributed by atoms with Crippen LogP contribution in [0.5, 0.6) is 0 Å². The first-order valence-electron chi connectivity index (χ1n) is 6.89. The molecule has 0 saturated heterocycles. The molecule has 6 heteroatoms. The van der Waals surface area contributed by atoms with E-state index in [-0.39, 0.29) is 11.6 Å². The van der Waals surface area contributed by atoms with Crippen molar-refractivity contribution in [2.24, 2.45) is 0 Å². The molecule has 3 heterocycles. The van der Waals surface area contributed by atoms with E-state index in [4.69, 9.17) is 0 Å². The Morgan fingerprint density at radius 1 is 1.38 bits per heavy atom. The van der Waals surface area contributed by atoms with Crippen LogP contribution >= 0.6 is 11.3 Å². The summed E-state index contributed by atoms with van der Waals surface area (Å²) >= 11 is 1.43. The van der Waals surface area contributed by atoms with Gasteiger partial charge in [-0.3, -0.25) is 9.36 Å². The highest BCUT2D eigenvalue weighted by Crippen LogP contribution is 2.29. The van der Waals surface area contributed by atoms with Gasteiger partial charge in [-0.1, -0.05) is 0 Å². The van der Waals surface area contributed by atoms with Crippen molar-refractivity contribution in [3.8, 4) is 0 Å². The highest BCUT2D eigenvalue weighted by Gasteiger charge is 2.15. The Kier molecular flexibility index (Phi) is 3.51. The number of pyridine rings is 1. The van der Waals surface area contributed by atoms with Crippen LogP contribution in [0.4, 0.5) is 0 Å². The highest BCUT2D eigenvalue weighted by atomic mass is 32.1. The first kappa shape index (κ1) is 14.2. The Morgan fingerprint density at radius 2 is 2.14 bits per heavy atom. The van der Waals surface area contributed by atoms with Crippen LogP contribution in [0.1, 0.15) is 18.7 Å². The Balaban J connectivity index is 2.21. The van der Waals surface area contributed by atoms with E-state index in [0.717, 1.165) is 28.0 Å². The minimum Gasteiger partial charge on any atom is -0.307 e. The van der Waals surface area contributed by atoms with E-state index in [0.29, 0.717) is 4.70 Å². The Labute approximate surface area is 126 Å². The molecule has 3 aromatic heterocycles. The first-order chi connectivity index (χ1) is 9.97. The van der Waals surface area contributed by atoms with Crippen molar-refractivity contribution in [2.75, 3.05) is 20.6 Å². The Hall–Kier alpha value is -1.79. The maximum Gasteiger partial charge on any atom is 0.271 e. The third-order valence-electron chi connectivity index (χ3n) is 3.51. The highest BCUT2D eigenvalue weighted by molar-refractivity contribution is 7.25. The number of likely N-dealkylation sites (N-methyl/N-ethyl adjacent to an activating group) is 1. The Morgan fingerprint density at radius 3 is 2.86 bits per heavy atom. The molecule has 3 rings (SSSR count). The SMILES string of the molecule is Cc1ccc2c(n1)sc1c(=O)n(C(C)CN(C)C)cnc12. The minimum atomic E-state index is 0.0232. The molecule has 3 aromatic rings. The number of nitrogens with zero attached hydrogens (tertiary/aromatic N) is 4. The summed E-state index contributed by atoms with van der Waals surface area (Å²) in [6, 6.07) is 4.04. The molecule has 0 N–H and O–H groups in total. The summed E-state index contributed by atoms with van der Waals surface area (Å²) in [5, 5.41) is 0.963. The average molecular weight is 302 g/mol. The third-order valence-corrected chi connectivity index (χ3v) is 4.59. The molecule has 21 heavy (non-hydrogen) atoms. The fourth-order valence-corrected chi connectivity index (χ4v) is 3.66. The van der Waals surface area contributed by atoms with E-state index in [1.807, 2.05) is 40.1 Å². The van der Waals surface area contributed by atoms with Gasteiger partial charge in [-0.25, -0.2) is 9.97 Å².